The second kappa shape index (κ2) is 15.7. The van der Waals surface area contributed by atoms with Crippen LogP contribution in [-0.2, 0) is 24.3 Å². The fourth-order valence-electron chi connectivity index (χ4n) is 6.89. The van der Waals surface area contributed by atoms with Crippen molar-refractivity contribution in [3.8, 4) is 0 Å². The monoisotopic (exact) mass is 703 g/mol. The number of hydrogen-bond donors (Lipinski definition) is 1. The number of fused-ring (bicyclic) bond motifs is 1. The number of aromatic nitrogens is 2. The average molecular weight is 704 g/mol. The van der Waals surface area contributed by atoms with Gasteiger partial charge in [0.05, 0.1) is 41.9 Å². The van der Waals surface area contributed by atoms with E-state index in [1.54, 1.807) is 15.7 Å². The smallest absolute Gasteiger partial charge is 0.410 e. The number of halogens is 1. The SMILES string of the molecule is C/C(=C\c1cc(F)c2cnn(C3CCN(S(C)(=O)=O)CC3)c2c1)[C@H]1OC(=O)C[C@H](O)CC[C@H](C)[C@@H](OC(=O)N2CCN(C)CC2)/C=C\[C@@H]1C. The molecule has 2 aromatic rings. The van der Waals surface area contributed by atoms with Gasteiger partial charge in [-0.25, -0.2) is 21.9 Å². The Kier molecular flexibility index (Phi) is 11.8. The van der Waals surface area contributed by atoms with E-state index in [9.17, 15) is 23.1 Å². The fourth-order valence-corrected chi connectivity index (χ4v) is 7.76. The van der Waals surface area contributed by atoms with Crippen LogP contribution in [0, 0.1) is 17.7 Å². The van der Waals surface area contributed by atoms with Crippen LogP contribution in [0.2, 0.25) is 0 Å². The van der Waals surface area contributed by atoms with Gasteiger partial charge in [-0.15, -0.1) is 0 Å². The number of benzene rings is 1. The summed E-state index contributed by atoms with van der Waals surface area (Å²) < 4.78 is 54.6. The Morgan fingerprint density at radius 2 is 1.76 bits per heavy atom. The van der Waals surface area contributed by atoms with E-state index in [4.69, 9.17) is 9.47 Å². The summed E-state index contributed by atoms with van der Waals surface area (Å²) in [6, 6.07) is 3.18. The molecule has 49 heavy (non-hydrogen) atoms. The van der Waals surface area contributed by atoms with Gasteiger partial charge in [0.2, 0.25) is 10.0 Å². The van der Waals surface area contributed by atoms with Crippen LogP contribution >= 0.6 is 0 Å². The van der Waals surface area contributed by atoms with Crippen LogP contribution in [0.25, 0.3) is 17.0 Å². The first kappa shape index (κ1) is 36.9. The van der Waals surface area contributed by atoms with Crippen LogP contribution in [0.1, 0.15) is 64.5 Å². The van der Waals surface area contributed by atoms with Gasteiger partial charge in [0.25, 0.3) is 0 Å². The number of carbonyl (C=O) groups excluding carboxylic acids is 2. The predicted molar refractivity (Wildman–Crippen MR) is 185 cm³/mol. The first-order valence-electron chi connectivity index (χ1n) is 17.2. The number of amides is 1. The molecule has 1 amide bonds. The lowest BCUT2D eigenvalue weighted by Gasteiger charge is -2.33. The van der Waals surface area contributed by atoms with Crippen LogP contribution in [-0.4, -0.2) is 120 Å². The van der Waals surface area contributed by atoms with Crippen LogP contribution in [0.3, 0.4) is 0 Å². The number of sulfonamides is 1. The minimum atomic E-state index is -3.28. The van der Waals surface area contributed by atoms with Crippen molar-refractivity contribution >= 4 is 39.1 Å². The van der Waals surface area contributed by atoms with Gasteiger partial charge >= 0.3 is 12.1 Å². The number of aliphatic hydroxyl groups excluding tert-OH is 1. The number of rotatable bonds is 5. The standard InChI is InChI=1S/C35H50FN5O7S/c1-23-6-8-28(42)21-33(43)48-34(24(2)7-9-32(23)47-35(44)39-16-14-38(4)15-17-39)25(3)18-26-19-30(36)29-22-37-41(31(29)20-26)27-10-12-40(13-11-27)49(5,45)46/h7,9,18-20,22-24,27-28,32,34,42H,6,8,10-17,21H2,1-5H3/b9-7-,25-18+/t23-,24-,28+,32-,34-/m0/s1. The van der Waals surface area contributed by atoms with Gasteiger partial charge in [-0.2, -0.15) is 5.10 Å². The molecule has 2 fully saturated rings. The second-order valence-electron chi connectivity index (χ2n) is 14.0. The van der Waals surface area contributed by atoms with Crippen LogP contribution in [0.4, 0.5) is 9.18 Å². The van der Waals surface area contributed by atoms with Crippen molar-refractivity contribution in [2.24, 2.45) is 11.8 Å². The lowest BCUT2D eigenvalue weighted by Crippen LogP contribution is -2.48. The molecule has 270 valence electrons. The average Bonchev–Trinajstić information content (AvgIpc) is 3.48. The highest BCUT2D eigenvalue weighted by Gasteiger charge is 2.30. The minimum Gasteiger partial charge on any atom is -0.457 e. The maximum Gasteiger partial charge on any atom is 0.410 e. The van der Waals surface area contributed by atoms with Crippen LogP contribution in [0.15, 0.2) is 36.1 Å². The molecular weight excluding hydrogens is 653 g/mol. The van der Waals surface area contributed by atoms with Gasteiger partial charge in [0, 0.05) is 45.2 Å². The van der Waals surface area contributed by atoms with Gasteiger partial charge in [0.1, 0.15) is 18.0 Å². The second-order valence-corrected chi connectivity index (χ2v) is 16.0. The van der Waals surface area contributed by atoms with Crippen molar-refractivity contribution in [2.75, 3.05) is 52.6 Å². The molecule has 5 rings (SSSR count). The van der Waals surface area contributed by atoms with Crippen molar-refractivity contribution in [1.29, 1.82) is 0 Å². The van der Waals surface area contributed by atoms with E-state index < -0.39 is 40.1 Å². The molecule has 14 heteroatoms. The summed E-state index contributed by atoms with van der Waals surface area (Å²) in [5.41, 5.74) is 1.83. The van der Waals surface area contributed by atoms with Crippen molar-refractivity contribution < 1.29 is 37.0 Å². The Hall–Kier alpha value is -3.33. The Balaban J connectivity index is 1.39. The first-order chi connectivity index (χ1) is 23.2. The summed E-state index contributed by atoms with van der Waals surface area (Å²) in [6.07, 6.45) is 7.53. The Bertz CT molecular complexity index is 1660. The van der Waals surface area contributed by atoms with Gasteiger partial charge < -0.3 is 24.4 Å². The van der Waals surface area contributed by atoms with Crippen molar-refractivity contribution in [2.45, 2.75) is 77.2 Å². The summed E-state index contributed by atoms with van der Waals surface area (Å²) in [5, 5.41) is 15.5. The number of aliphatic hydroxyl groups is 1. The lowest BCUT2D eigenvalue weighted by molar-refractivity contribution is -0.151. The lowest BCUT2D eigenvalue weighted by atomic mass is 9.91. The van der Waals surface area contributed by atoms with E-state index in [1.807, 2.05) is 46.0 Å². The quantitative estimate of drug-likeness (QED) is 0.359. The molecule has 5 atom stereocenters. The molecule has 0 aliphatic carbocycles. The highest BCUT2D eigenvalue weighted by Crippen LogP contribution is 2.31. The van der Waals surface area contributed by atoms with E-state index in [0.717, 1.165) is 13.1 Å². The fraction of sp³-hybridized carbons (Fsp3) is 0.629. The Morgan fingerprint density at radius 1 is 1.06 bits per heavy atom. The number of carbonyl (C=O) groups is 2. The largest absolute Gasteiger partial charge is 0.457 e. The number of piperazine rings is 1. The minimum absolute atomic E-state index is 0.0835. The number of likely N-dealkylation sites (N-methyl/N-ethyl adjacent to an activating group) is 1. The van der Waals surface area contributed by atoms with E-state index in [1.165, 1.54) is 22.8 Å². The number of ether oxygens (including phenoxy) is 2. The third-order valence-corrected chi connectivity index (χ3v) is 11.3. The zero-order valence-corrected chi connectivity index (χ0v) is 29.9. The topological polar surface area (TPSA) is 135 Å². The third kappa shape index (κ3) is 9.27. The maximum absolute atomic E-state index is 15.4. The third-order valence-electron chi connectivity index (χ3n) is 10.0. The number of hydrogen-bond acceptors (Lipinski definition) is 9. The summed E-state index contributed by atoms with van der Waals surface area (Å²) in [6.45, 7) is 9.16. The Labute approximate surface area is 288 Å². The van der Waals surface area contributed by atoms with E-state index in [-0.39, 0.29) is 30.4 Å². The summed E-state index contributed by atoms with van der Waals surface area (Å²) >= 11 is 0. The van der Waals surface area contributed by atoms with Crippen molar-refractivity contribution in [3.05, 3.63) is 47.4 Å². The van der Waals surface area contributed by atoms with Crippen LogP contribution in [0.5, 0.6) is 0 Å². The molecule has 0 unspecified atom stereocenters. The molecule has 0 spiro atoms. The first-order valence-corrected chi connectivity index (χ1v) is 19.0. The summed E-state index contributed by atoms with van der Waals surface area (Å²) in [5.74, 6) is -1.41. The zero-order valence-electron chi connectivity index (χ0n) is 29.1. The van der Waals surface area contributed by atoms with E-state index in [2.05, 4.69) is 10.00 Å². The molecule has 2 saturated heterocycles. The van der Waals surface area contributed by atoms with E-state index >= 15 is 4.39 Å². The maximum atomic E-state index is 15.4. The molecule has 1 aromatic heterocycles. The predicted octanol–water partition coefficient (Wildman–Crippen LogP) is 4.21. The van der Waals surface area contributed by atoms with Crippen LogP contribution < -0.4 is 0 Å². The highest BCUT2D eigenvalue weighted by atomic mass is 32.2. The molecule has 3 aliphatic heterocycles. The van der Waals surface area contributed by atoms with E-state index in [0.29, 0.717) is 73.9 Å². The molecule has 0 bridgehead atoms. The molecular formula is C35H50FN5O7S. The summed E-state index contributed by atoms with van der Waals surface area (Å²) in [7, 11) is -1.27. The number of piperidine rings is 1. The van der Waals surface area contributed by atoms with Crippen molar-refractivity contribution in [3.63, 3.8) is 0 Å². The number of esters is 1. The van der Waals surface area contributed by atoms with Gasteiger partial charge in [-0.3, -0.25) is 9.48 Å². The molecule has 1 aromatic carbocycles. The molecule has 0 radical (unpaired) electrons. The van der Waals surface area contributed by atoms with Gasteiger partial charge in [-0.1, -0.05) is 26.0 Å². The van der Waals surface area contributed by atoms with Crippen molar-refractivity contribution in [1.82, 2.24) is 23.9 Å². The van der Waals surface area contributed by atoms with Gasteiger partial charge in [-0.05, 0) is 74.9 Å². The normalized spacial score (nSPS) is 28.5. The van der Waals surface area contributed by atoms with Gasteiger partial charge in [0.15, 0.2) is 0 Å². The molecule has 4 heterocycles. The highest BCUT2D eigenvalue weighted by molar-refractivity contribution is 7.88. The molecule has 1 N–H and O–H groups in total. The number of cyclic esters (lactones) is 1. The Morgan fingerprint density at radius 3 is 2.43 bits per heavy atom. The number of nitrogens with zero attached hydrogens (tertiary/aromatic N) is 5. The molecule has 0 saturated carbocycles. The zero-order chi connectivity index (χ0) is 35.5. The molecule has 12 nitrogen and oxygen atoms in total. The molecule has 3 aliphatic rings. The summed E-state index contributed by atoms with van der Waals surface area (Å²) in [4.78, 5) is 30.0.